The van der Waals surface area contributed by atoms with Gasteiger partial charge in [-0.2, -0.15) is 13.2 Å². The molecule has 0 aromatic heterocycles. The van der Waals surface area contributed by atoms with Crippen molar-refractivity contribution in [2.45, 2.75) is 31.2 Å². The second-order valence-corrected chi connectivity index (χ2v) is 5.60. The first-order valence-corrected chi connectivity index (χ1v) is 7.19. The molecule has 0 saturated carbocycles. The molecule has 0 saturated heterocycles. The third kappa shape index (κ3) is 3.00. The molecule has 0 amide bonds. The van der Waals surface area contributed by atoms with Crippen molar-refractivity contribution >= 4 is 0 Å². The fourth-order valence-corrected chi connectivity index (χ4v) is 2.92. The Bertz CT molecular complexity index is 650. The van der Waals surface area contributed by atoms with Gasteiger partial charge in [0.15, 0.2) is 0 Å². The topological polar surface area (TPSA) is 38.0 Å². The van der Waals surface area contributed by atoms with Crippen molar-refractivity contribution in [1.29, 1.82) is 0 Å². The van der Waals surface area contributed by atoms with Gasteiger partial charge in [0.25, 0.3) is 0 Å². The van der Waals surface area contributed by atoms with E-state index in [1.165, 1.54) is 17.7 Å². The highest BCUT2D eigenvalue weighted by Crippen LogP contribution is 2.37. The second kappa shape index (κ2) is 5.74. The van der Waals surface area contributed by atoms with Gasteiger partial charge in [-0.25, -0.2) is 0 Å². The van der Waals surface area contributed by atoms with E-state index in [9.17, 15) is 13.2 Å². The van der Waals surface area contributed by atoms with Crippen LogP contribution in [-0.2, 0) is 12.7 Å². The first kappa shape index (κ1) is 15.1. The van der Waals surface area contributed by atoms with E-state index >= 15 is 0 Å². The van der Waals surface area contributed by atoms with Crippen molar-refractivity contribution in [1.82, 2.24) is 5.32 Å². The van der Waals surface area contributed by atoms with Crippen LogP contribution >= 0.6 is 0 Å². The summed E-state index contributed by atoms with van der Waals surface area (Å²) in [6.07, 6.45) is -3.48. The number of fused-ring (bicyclic) bond motifs is 1. The third-order valence-electron chi connectivity index (χ3n) is 4.09. The molecule has 0 radical (unpaired) electrons. The zero-order valence-electron chi connectivity index (χ0n) is 11.9. The molecule has 5 heteroatoms. The van der Waals surface area contributed by atoms with E-state index in [0.29, 0.717) is 6.54 Å². The summed E-state index contributed by atoms with van der Waals surface area (Å²) in [7, 11) is 0. The first-order chi connectivity index (χ1) is 10.4. The van der Waals surface area contributed by atoms with Gasteiger partial charge >= 0.3 is 6.18 Å². The fourth-order valence-electron chi connectivity index (χ4n) is 2.92. The predicted octanol–water partition coefficient (Wildman–Crippen LogP) is 3.94. The second-order valence-electron chi connectivity index (χ2n) is 5.60. The summed E-state index contributed by atoms with van der Waals surface area (Å²) in [4.78, 5) is 0. The summed E-state index contributed by atoms with van der Waals surface area (Å²) in [5.74, 6) is 0. The number of hydrogen-bond donors (Lipinski definition) is 2. The van der Waals surface area contributed by atoms with Gasteiger partial charge in [0.2, 0.25) is 0 Å². The molecule has 2 atom stereocenters. The van der Waals surface area contributed by atoms with Crippen LogP contribution in [0.3, 0.4) is 0 Å². The van der Waals surface area contributed by atoms with Crippen LogP contribution in [0.15, 0.2) is 48.5 Å². The van der Waals surface area contributed by atoms with Crippen LogP contribution in [0, 0.1) is 0 Å². The maximum atomic E-state index is 12.5. The number of rotatable bonds is 3. The van der Waals surface area contributed by atoms with Gasteiger partial charge in [-0.05, 0) is 35.2 Å². The lowest BCUT2D eigenvalue weighted by Gasteiger charge is -2.14. The zero-order valence-corrected chi connectivity index (χ0v) is 11.9. The summed E-state index contributed by atoms with van der Waals surface area (Å²) < 4.78 is 37.6. The monoisotopic (exact) mass is 306 g/mol. The van der Waals surface area contributed by atoms with E-state index in [-0.39, 0.29) is 12.1 Å². The van der Waals surface area contributed by atoms with Gasteiger partial charge < -0.3 is 11.1 Å². The minimum absolute atomic E-state index is 0.0151. The number of halogens is 3. The highest BCUT2D eigenvalue weighted by Gasteiger charge is 2.30. The van der Waals surface area contributed by atoms with Crippen LogP contribution in [0.2, 0.25) is 0 Å². The molecule has 2 aromatic rings. The highest BCUT2D eigenvalue weighted by molar-refractivity contribution is 5.37. The SMILES string of the molecule is NC1CC(NCc2ccc(C(F)(F)F)cc2)c2ccccc21. The Morgan fingerprint density at radius 3 is 2.27 bits per heavy atom. The Morgan fingerprint density at radius 2 is 1.64 bits per heavy atom. The van der Waals surface area contributed by atoms with Crippen molar-refractivity contribution in [2.24, 2.45) is 5.73 Å². The zero-order chi connectivity index (χ0) is 15.7. The van der Waals surface area contributed by atoms with E-state index in [2.05, 4.69) is 5.32 Å². The Morgan fingerprint density at radius 1 is 1.00 bits per heavy atom. The van der Waals surface area contributed by atoms with Crippen molar-refractivity contribution in [3.63, 3.8) is 0 Å². The van der Waals surface area contributed by atoms with E-state index < -0.39 is 11.7 Å². The number of benzene rings is 2. The molecule has 3 N–H and O–H groups in total. The van der Waals surface area contributed by atoms with Crippen molar-refractivity contribution < 1.29 is 13.2 Å². The summed E-state index contributed by atoms with van der Waals surface area (Å²) in [6, 6.07) is 13.4. The summed E-state index contributed by atoms with van der Waals surface area (Å²) in [5, 5.41) is 3.38. The van der Waals surface area contributed by atoms with Gasteiger partial charge in [-0.3, -0.25) is 0 Å². The molecule has 2 nitrogen and oxygen atoms in total. The van der Waals surface area contributed by atoms with Crippen LogP contribution in [0.1, 0.15) is 40.8 Å². The molecule has 2 unspecified atom stereocenters. The van der Waals surface area contributed by atoms with Gasteiger partial charge in [0, 0.05) is 18.6 Å². The molecule has 2 aromatic carbocycles. The number of hydrogen-bond acceptors (Lipinski definition) is 2. The smallest absolute Gasteiger partial charge is 0.324 e. The molecule has 0 aliphatic heterocycles. The molecule has 0 spiro atoms. The van der Waals surface area contributed by atoms with Crippen molar-refractivity contribution in [2.75, 3.05) is 0 Å². The van der Waals surface area contributed by atoms with Gasteiger partial charge in [0.1, 0.15) is 0 Å². The van der Waals surface area contributed by atoms with Crippen LogP contribution < -0.4 is 11.1 Å². The molecule has 1 aliphatic carbocycles. The first-order valence-electron chi connectivity index (χ1n) is 7.19. The molecule has 116 valence electrons. The van der Waals surface area contributed by atoms with Gasteiger partial charge in [-0.1, -0.05) is 36.4 Å². The number of nitrogens with two attached hydrogens (primary N) is 1. The van der Waals surface area contributed by atoms with E-state index in [0.717, 1.165) is 29.7 Å². The molecule has 0 heterocycles. The number of nitrogens with one attached hydrogen (secondary N) is 1. The fraction of sp³-hybridized carbons (Fsp3) is 0.294. The normalized spacial score (nSPS) is 20.9. The summed E-state index contributed by atoms with van der Waals surface area (Å²) in [6.45, 7) is 0.518. The Labute approximate surface area is 127 Å². The molecule has 22 heavy (non-hydrogen) atoms. The minimum atomic E-state index is -4.29. The molecular weight excluding hydrogens is 289 g/mol. The van der Waals surface area contributed by atoms with Gasteiger partial charge in [-0.15, -0.1) is 0 Å². The summed E-state index contributed by atoms with van der Waals surface area (Å²) in [5.41, 5.74) is 8.64. The quantitative estimate of drug-likeness (QED) is 0.901. The Hall–Kier alpha value is -1.85. The molecular formula is C17H17F3N2. The van der Waals surface area contributed by atoms with Crippen molar-refractivity contribution in [3.05, 3.63) is 70.8 Å². The van der Waals surface area contributed by atoms with Crippen molar-refractivity contribution in [3.8, 4) is 0 Å². The van der Waals surface area contributed by atoms with E-state index in [1.807, 2.05) is 24.3 Å². The Kier molecular flexibility index (Phi) is 3.93. The molecule has 0 fully saturated rings. The van der Waals surface area contributed by atoms with Crippen LogP contribution in [0.4, 0.5) is 13.2 Å². The maximum absolute atomic E-state index is 12.5. The Balaban J connectivity index is 1.67. The third-order valence-corrected chi connectivity index (χ3v) is 4.09. The minimum Gasteiger partial charge on any atom is -0.324 e. The summed E-state index contributed by atoms with van der Waals surface area (Å²) >= 11 is 0. The average Bonchev–Trinajstić information content (AvgIpc) is 2.82. The van der Waals surface area contributed by atoms with E-state index in [1.54, 1.807) is 0 Å². The van der Waals surface area contributed by atoms with E-state index in [4.69, 9.17) is 5.73 Å². The number of alkyl halides is 3. The molecule has 0 bridgehead atoms. The highest BCUT2D eigenvalue weighted by atomic mass is 19.4. The standard InChI is InChI=1S/C17H17F3N2/c18-17(19,20)12-7-5-11(6-8-12)10-22-16-9-15(21)13-3-1-2-4-14(13)16/h1-8,15-16,22H,9-10,21H2. The average molecular weight is 306 g/mol. The van der Waals surface area contributed by atoms with Crippen LogP contribution in [0.25, 0.3) is 0 Å². The molecule has 1 aliphatic rings. The lowest BCUT2D eigenvalue weighted by molar-refractivity contribution is -0.137. The van der Waals surface area contributed by atoms with Crippen LogP contribution in [-0.4, -0.2) is 0 Å². The predicted molar refractivity (Wildman–Crippen MR) is 79.0 cm³/mol. The lowest BCUT2D eigenvalue weighted by atomic mass is 10.1. The van der Waals surface area contributed by atoms with Crippen LogP contribution in [0.5, 0.6) is 0 Å². The molecule has 3 rings (SSSR count). The largest absolute Gasteiger partial charge is 0.416 e. The van der Waals surface area contributed by atoms with Gasteiger partial charge in [0.05, 0.1) is 5.56 Å². The maximum Gasteiger partial charge on any atom is 0.416 e. The lowest BCUT2D eigenvalue weighted by Crippen LogP contribution is -2.19.